The fraction of sp³-hybridized carbons (Fsp3) is 0.103. The maximum absolute atomic E-state index is 5.39. The third kappa shape index (κ3) is 3.24. The van der Waals surface area contributed by atoms with Crippen LogP contribution >= 0.6 is 0 Å². The first-order chi connectivity index (χ1) is 19.7. The Morgan fingerprint density at radius 1 is 0.450 bits per heavy atom. The van der Waals surface area contributed by atoms with Crippen molar-refractivity contribution in [1.29, 1.82) is 0 Å². The Morgan fingerprint density at radius 3 is 1.32 bits per heavy atom. The van der Waals surface area contributed by atoms with E-state index < -0.39 is 10.8 Å². The molecule has 6 aromatic rings. The van der Waals surface area contributed by atoms with Gasteiger partial charge in [-0.3, -0.25) is 0 Å². The van der Waals surface area contributed by atoms with Crippen molar-refractivity contribution in [3.63, 3.8) is 0 Å². The number of para-hydroxylation sites is 1. The highest BCUT2D eigenvalue weighted by atomic mass is 14.7. The van der Waals surface area contributed by atoms with Crippen molar-refractivity contribution in [3.05, 3.63) is 191 Å². The lowest BCUT2D eigenvalue weighted by Gasteiger charge is -2.57. The van der Waals surface area contributed by atoms with Crippen molar-refractivity contribution in [3.8, 4) is 0 Å². The van der Waals surface area contributed by atoms with Crippen molar-refractivity contribution in [2.24, 2.45) is 0 Å². The van der Waals surface area contributed by atoms with Crippen LogP contribution in [0.5, 0.6) is 0 Å². The third-order valence-corrected chi connectivity index (χ3v) is 9.00. The van der Waals surface area contributed by atoms with Crippen LogP contribution in [-0.2, 0) is 10.8 Å². The number of benzene rings is 5. The fourth-order valence-electron chi connectivity index (χ4n) is 7.33. The molecule has 1 nitrogen and oxygen atoms in total. The molecule has 0 bridgehead atoms. The van der Waals surface area contributed by atoms with Crippen molar-refractivity contribution in [2.45, 2.75) is 24.7 Å². The Morgan fingerprint density at radius 2 is 0.850 bits per heavy atom. The van der Waals surface area contributed by atoms with Crippen LogP contribution in [0.25, 0.3) is 16.5 Å². The number of allylic oxidation sites excluding steroid dienone is 2. The van der Waals surface area contributed by atoms with Gasteiger partial charge in [0, 0.05) is 5.39 Å². The van der Waals surface area contributed by atoms with Crippen LogP contribution in [0.15, 0.2) is 157 Å². The summed E-state index contributed by atoms with van der Waals surface area (Å²) >= 11 is 0. The zero-order chi connectivity index (χ0) is 27.2. The minimum Gasteiger partial charge on any atom is -0.248 e. The van der Waals surface area contributed by atoms with Gasteiger partial charge in [-0.05, 0) is 59.4 Å². The van der Waals surface area contributed by atoms with Gasteiger partial charge < -0.3 is 0 Å². The Balaban J connectivity index is 1.81. The molecule has 0 saturated carbocycles. The smallest absolute Gasteiger partial charge is 0.0711 e. The number of aromatic nitrogens is 1. The van der Waals surface area contributed by atoms with Crippen LogP contribution in [-0.4, -0.2) is 4.98 Å². The number of hydrogen-bond acceptors (Lipinski definition) is 1. The SMILES string of the molecule is CC1=C(C)C(c2ccccc2)(c2ccccc2)C(c2ccccc2)(c2ccccc2)c2cc3ccccc3nc21. The van der Waals surface area contributed by atoms with Gasteiger partial charge in [0.1, 0.15) is 0 Å². The Bertz CT molecular complexity index is 1760. The molecule has 0 N–H and O–H groups in total. The number of fused-ring (bicyclic) bond motifs is 2. The number of pyridine rings is 1. The van der Waals surface area contributed by atoms with E-state index in [0.717, 1.165) is 16.6 Å². The first-order valence-corrected chi connectivity index (χ1v) is 14.0. The number of nitrogens with zero attached hydrogens (tertiary/aromatic N) is 1. The summed E-state index contributed by atoms with van der Waals surface area (Å²) in [7, 11) is 0. The first-order valence-electron chi connectivity index (χ1n) is 14.0. The molecule has 0 radical (unpaired) electrons. The molecular weight excluding hydrogens is 482 g/mol. The summed E-state index contributed by atoms with van der Waals surface area (Å²) in [5, 5.41) is 1.15. The molecule has 7 rings (SSSR count). The average Bonchev–Trinajstić information content (AvgIpc) is 3.04. The van der Waals surface area contributed by atoms with E-state index in [0.29, 0.717) is 0 Å². The fourth-order valence-corrected chi connectivity index (χ4v) is 7.33. The van der Waals surface area contributed by atoms with Gasteiger partial charge in [0.2, 0.25) is 0 Å². The zero-order valence-electron chi connectivity index (χ0n) is 22.9. The molecule has 1 heteroatoms. The molecule has 1 aliphatic carbocycles. The highest BCUT2D eigenvalue weighted by Gasteiger charge is 2.61. The summed E-state index contributed by atoms with van der Waals surface area (Å²) in [6.07, 6.45) is 0. The zero-order valence-corrected chi connectivity index (χ0v) is 22.9. The molecule has 1 aliphatic rings. The number of hydrogen-bond donors (Lipinski definition) is 0. The van der Waals surface area contributed by atoms with E-state index in [2.05, 4.69) is 166 Å². The van der Waals surface area contributed by atoms with Gasteiger partial charge in [-0.15, -0.1) is 0 Å². The van der Waals surface area contributed by atoms with Crippen LogP contribution in [0.3, 0.4) is 0 Å². The van der Waals surface area contributed by atoms with E-state index in [9.17, 15) is 0 Å². The van der Waals surface area contributed by atoms with E-state index in [1.807, 2.05) is 0 Å². The number of rotatable bonds is 4. The minimum absolute atomic E-state index is 0.542. The van der Waals surface area contributed by atoms with E-state index in [1.54, 1.807) is 0 Å². The molecule has 1 aromatic heterocycles. The molecule has 0 amide bonds. The second kappa shape index (κ2) is 9.47. The van der Waals surface area contributed by atoms with Crippen molar-refractivity contribution in [2.75, 3.05) is 0 Å². The maximum atomic E-state index is 5.39. The van der Waals surface area contributed by atoms with Crippen molar-refractivity contribution in [1.82, 2.24) is 4.98 Å². The largest absolute Gasteiger partial charge is 0.248 e. The average molecular weight is 514 g/mol. The monoisotopic (exact) mass is 513 g/mol. The molecule has 0 saturated heterocycles. The lowest BCUT2D eigenvalue weighted by molar-refractivity contribution is 0.404. The standard InChI is InChI=1S/C39H31N/c1-28-29(2)38(31-18-7-3-8-19-31,32-20-9-4-10-21-32)39(33-22-11-5-12-23-33,34-24-13-6-14-25-34)35-27-30-17-15-16-26-36(30)40-37(28)35/h3-27H,1-2H3. The van der Waals surface area contributed by atoms with E-state index in [-0.39, 0.29) is 0 Å². The molecule has 192 valence electrons. The summed E-state index contributed by atoms with van der Waals surface area (Å²) in [6, 6.07) is 55.3. The van der Waals surface area contributed by atoms with Crippen LogP contribution in [0.1, 0.15) is 47.4 Å². The second-order valence-electron chi connectivity index (χ2n) is 10.8. The van der Waals surface area contributed by atoms with Crippen LogP contribution < -0.4 is 0 Å². The normalized spacial score (nSPS) is 15.6. The minimum atomic E-state index is -0.603. The third-order valence-electron chi connectivity index (χ3n) is 9.00. The van der Waals surface area contributed by atoms with Gasteiger partial charge in [0.05, 0.1) is 22.0 Å². The molecule has 40 heavy (non-hydrogen) atoms. The molecule has 0 spiro atoms. The molecule has 0 atom stereocenters. The molecule has 1 heterocycles. The maximum Gasteiger partial charge on any atom is 0.0711 e. The van der Waals surface area contributed by atoms with E-state index in [1.165, 1.54) is 39.0 Å². The van der Waals surface area contributed by atoms with E-state index in [4.69, 9.17) is 4.98 Å². The summed E-state index contributed by atoms with van der Waals surface area (Å²) in [5.41, 5.74) is 9.77. The summed E-state index contributed by atoms with van der Waals surface area (Å²) < 4.78 is 0. The Kier molecular flexibility index (Phi) is 5.75. The highest BCUT2D eigenvalue weighted by molar-refractivity contribution is 5.89. The van der Waals surface area contributed by atoms with Crippen LogP contribution in [0.4, 0.5) is 0 Å². The summed E-state index contributed by atoms with van der Waals surface area (Å²) in [6.45, 7) is 4.59. The van der Waals surface area contributed by atoms with Gasteiger partial charge >= 0.3 is 0 Å². The molecular formula is C39H31N. The Labute approximate surface area is 236 Å². The molecule has 0 aliphatic heterocycles. The predicted octanol–water partition coefficient (Wildman–Crippen LogP) is 9.36. The van der Waals surface area contributed by atoms with Crippen molar-refractivity contribution < 1.29 is 0 Å². The highest BCUT2D eigenvalue weighted by Crippen LogP contribution is 2.64. The van der Waals surface area contributed by atoms with Gasteiger partial charge in [0.15, 0.2) is 0 Å². The van der Waals surface area contributed by atoms with Crippen LogP contribution in [0.2, 0.25) is 0 Å². The second-order valence-corrected chi connectivity index (χ2v) is 10.8. The Hall–Kier alpha value is -4.75. The van der Waals surface area contributed by atoms with Gasteiger partial charge in [0.25, 0.3) is 0 Å². The van der Waals surface area contributed by atoms with E-state index >= 15 is 0 Å². The van der Waals surface area contributed by atoms with Gasteiger partial charge in [-0.2, -0.15) is 0 Å². The summed E-state index contributed by atoms with van der Waals surface area (Å²) in [5.74, 6) is 0. The van der Waals surface area contributed by atoms with Crippen molar-refractivity contribution >= 4 is 16.5 Å². The molecule has 5 aromatic carbocycles. The molecule has 0 unspecified atom stereocenters. The topological polar surface area (TPSA) is 12.9 Å². The summed E-state index contributed by atoms with van der Waals surface area (Å²) in [4.78, 5) is 5.39. The quantitative estimate of drug-likeness (QED) is 0.229. The lowest BCUT2D eigenvalue weighted by Crippen LogP contribution is -2.55. The predicted molar refractivity (Wildman–Crippen MR) is 166 cm³/mol. The van der Waals surface area contributed by atoms with Crippen LogP contribution in [0, 0.1) is 0 Å². The first kappa shape index (κ1) is 24.3. The van der Waals surface area contributed by atoms with Gasteiger partial charge in [-0.1, -0.05) is 145 Å². The van der Waals surface area contributed by atoms with Gasteiger partial charge in [-0.25, -0.2) is 4.98 Å². The molecule has 0 fully saturated rings. The lowest BCUT2D eigenvalue weighted by atomic mass is 9.44.